The van der Waals surface area contributed by atoms with Crippen molar-refractivity contribution in [2.75, 3.05) is 5.75 Å². The van der Waals surface area contributed by atoms with Crippen molar-refractivity contribution in [2.24, 2.45) is 0 Å². The summed E-state index contributed by atoms with van der Waals surface area (Å²) in [5.74, 6) is 0.522. The molecular formula is C19H18N2O2S. The van der Waals surface area contributed by atoms with Gasteiger partial charge in [0.2, 0.25) is 5.91 Å². The molecule has 0 aliphatic carbocycles. The van der Waals surface area contributed by atoms with E-state index in [4.69, 9.17) is 0 Å². The van der Waals surface area contributed by atoms with E-state index in [9.17, 15) is 9.59 Å². The molecule has 1 N–H and O–H groups in total. The summed E-state index contributed by atoms with van der Waals surface area (Å²) in [7, 11) is 0. The van der Waals surface area contributed by atoms with E-state index < -0.39 is 6.04 Å². The fourth-order valence-electron chi connectivity index (χ4n) is 3.38. The minimum Gasteiger partial charge on any atom is -0.348 e. The Balaban J connectivity index is 1.52. The number of amides is 2. The molecule has 4 nitrogen and oxygen atoms in total. The predicted molar refractivity (Wildman–Crippen MR) is 94.6 cm³/mol. The van der Waals surface area contributed by atoms with Gasteiger partial charge in [-0.1, -0.05) is 48.5 Å². The maximum absolute atomic E-state index is 12.7. The molecule has 1 saturated heterocycles. The number of benzene rings is 2. The van der Waals surface area contributed by atoms with Crippen LogP contribution in [0.1, 0.15) is 39.8 Å². The van der Waals surface area contributed by atoms with Crippen LogP contribution in [0.4, 0.5) is 0 Å². The van der Waals surface area contributed by atoms with E-state index in [2.05, 4.69) is 5.32 Å². The molecule has 2 amide bonds. The van der Waals surface area contributed by atoms with E-state index in [0.29, 0.717) is 5.75 Å². The minimum absolute atomic E-state index is 0.0310. The minimum atomic E-state index is -0.411. The van der Waals surface area contributed by atoms with Crippen LogP contribution in [0.25, 0.3) is 0 Å². The summed E-state index contributed by atoms with van der Waals surface area (Å²) in [6, 6.07) is 17.0. The van der Waals surface area contributed by atoms with E-state index in [1.807, 2.05) is 61.5 Å². The lowest BCUT2D eigenvalue weighted by molar-refractivity contribution is -0.125. The van der Waals surface area contributed by atoms with Crippen LogP contribution in [0.2, 0.25) is 0 Å². The molecule has 0 radical (unpaired) electrons. The molecule has 0 spiro atoms. The third-order valence-corrected chi connectivity index (χ3v) is 5.96. The van der Waals surface area contributed by atoms with Crippen molar-refractivity contribution < 1.29 is 9.59 Å². The molecule has 2 aliphatic rings. The van der Waals surface area contributed by atoms with Gasteiger partial charge in [-0.15, -0.1) is 11.8 Å². The van der Waals surface area contributed by atoms with Gasteiger partial charge >= 0.3 is 0 Å². The summed E-state index contributed by atoms with van der Waals surface area (Å²) in [6.45, 7) is 1.97. The maximum Gasteiger partial charge on any atom is 0.256 e. The van der Waals surface area contributed by atoms with Crippen molar-refractivity contribution in [3.8, 4) is 0 Å². The smallest absolute Gasteiger partial charge is 0.256 e. The standard InChI is InChI=1S/C19H18N2O2S/c1-12(13-7-3-2-4-8-13)20-17(22)16-11-24-19-15-10-6-5-9-14(15)18(23)21(16)19/h2-10,12,16,19H,11H2,1H3,(H,20,22)/t12-,16+,19+/m1/s1. The number of carbonyl (C=O) groups is 2. The first-order valence-corrected chi connectivity index (χ1v) is 9.10. The molecule has 0 bridgehead atoms. The van der Waals surface area contributed by atoms with Crippen molar-refractivity contribution in [3.05, 3.63) is 71.3 Å². The van der Waals surface area contributed by atoms with E-state index in [1.54, 1.807) is 16.7 Å². The molecule has 0 saturated carbocycles. The summed E-state index contributed by atoms with van der Waals surface area (Å²) in [6.07, 6.45) is 0. The molecular weight excluding hydrogens is 320 g/mol. The highest BCUT2D eigenvalue weighted by molar-refractivity contribution is 7.99. The number of fused-ring (bicyclic) bond motifs is 3. The second kappa shape index (κ2) is 5.98. The van der Waals surface area contributed by atoms with E-state index in [1.165, 1.54) is 0 Å². The molecule has 24 heavy (non-hydrogen) atoms. The largest absolute Gasteiger partial charge is 0.348 e. The van der Waals surface area contributed by atoms with Gasteiger partial charge in [-0.05, 0) is 24.1 Å². The molecule has 122 valence electrons. The lowest BCUT2D eigenvalue weighted by Gasteiger charge is -2.24. The van der Waals surface area contributed by atoms with Gasteiger partial charge in [-0.2, -0.15) is 0 Å². The van der Waals surface area contributed by atoms with Crippen LogP contribution in [-0.4, -0.2) is 28.5 Å². The van der Waals surface area contributed by atoms with Gasteiger partial charge in [0.05, 0.1) is 6.04 Å². The van der Waals surface area contributed by atoms with E-state index in [0.717, 1.165) is 16.7 Å². The zero-order valence-corrected chi connectivity index (χ0v) is 14.1. The van der Waals surface area contributed by atoms with Gasteiger partial charge in [0, 0.05) is 11.3 Å². The van der Waals surface area contributed by atoms with Crippen LogP contribution in [-0.2, 0) is 4.79 Å². The third kappa shape index (κ3) is 2.40. The maximum atomic E-state index is 12.7. The quantitative estimate of drug-likeness (QED) is 0.935. The lowest BCUT2D eigenvalue weighted by Crippen LogP contribution is -2.46. The monoisotopic (exact) mass is 338 g/mol. The summed E-state index contributed by atoms with van der Waals surface area (Å²) < 4.78 is 0. The predicted octanol–water partition coefficient (Wildman–Crippen LogP) is 3.13. The van der Waals surface area contributed by atoms with Crippen molar-refractivity contribution in [3.63, 3.8) is 0 Å². The van der Waals surface area contributed by atoms with Crippen LogP contribution in [0.3, 0.4) is 0 Å². The first kappa shape index (κ1) is 15.3. The molecule has 2 aromatic rings. The van der Waals surface area contributed by atoms with E-state index in [-0.39, 0.29) is 23.2 Å². The molecule has 4 rings (SSSR count). The number of rotatable bonds is 3. The normalized spacial score (nSPS) is 22.9. The average molecular weight is 338 g/mol. The van der Waals surface area contributed by atoms with Crippen molar-refractivity contribution in [1.29, 1.82) is 0 Å². The van der Waals surface area contributed by atoms with Crippen molar-refractivity contribution in [2.45, 2.75) is 24.4 Å². The highest BCUT2D eigenvalue weighted by atomic mass is 32.2. The second-order valence-corrected chi connectivity index (χ2v) is 7.26. The Hall–Kier alpha value is -2.27. The lowest BCUT2D eigenvalue weighted by atomic mass is 10.1. The third-order valence-electron chi connectivity index (χ3n) is 4.65. The number of nitrogens with one attached hydrogen (secondary N) is 1. The Bertz CT molecular complexity index is 793. The summed E-state index contributed by atoms with van der Waals surface area (Å²) >= 11 is 1.66. The van der Waals surface area contributed by atoms with Gasteiger partial charge < -0.3 is 10.2 Å². The Labute approximate surface area is 145 Å². The first-order valence-electron chi connectivity index (χ1n) is 8.05. The van der Waals surface area contributed by atoms with E-state index >= 15 is 0 Å². The topological polar surface area (TPSA) is 49.4 Å². The Morgan fingerprint density at radius 3 is 2.67 bits per heavy atom. The van der Waals surface area contributed by atoms with Crippen molar-refractivity contribution >= 4 is 23.6 Å². The van der Waals surface area contributed by atoms with Crippen molar-refractivity contribution in [1.82, 2.24) is 10.2 Å². The molecule has 2 aromatic carbocycles. The molecule has 2 aliphatic heterocycles. The van der Waals surface area contributed by atoms with Gasteiger partial charge in [0.25, 0.3) is 5.91 Å². The highest BCUT2D eigenvalue weighted by Crippen LogP contribution is 2.48. The Morgan fingerprint density at radius 2 is 1.88 bits per heavy atom. The number of hydrogen-bond donors (Lipinski definition) is 1. The van der Waals surface area contributed by atoms with Gasteiger partial charge in [0.15, 0.2) is 0 Å². The van der Waals surface area contributed by atoms with Crippen LogP contribution in [0.15, 0.2) is 54.6 Å². The molecule has 1 fully saturated rings. The first-order chi connectivity index (χ1) is 11.7. The van der Waals surface area contributed by atoms with Gasteiger partial charge in [-0.3, -0.25) is 9.59 Å². The number of nitrogens with zero attached hydrogens (tertiary/aromatic N) is 1. The van der Waals surface area contributed by atoms with Gasteiger partial charge in [-0.25, -0.2) is 0 Å². The fraction of sp³-hybridized carbons (Fsp3) is 0.263. The van der Waals surface area contributed by atoms with Crippen LogP contribution < -0.4 is 5.32 Å². The summed E-state index contributed by atoms with van der Waals surface area (Å²) in [5, 5.41) is 3.02. The summed E-state index contributed by atoms with van der Waals surface area (Å²) in [5.41, 5.74) is 2.81. The zero-order valence-electron chi connectivity index (χ0n) is 13.3. The van der Waals surface area contributed by atoms with Crippen LogP contribution in [0.5, 0.6) is 0 Å². The number of hydrogen-bond acceptors (Lipinski definition) is 3. The molecule has 3 atom stereocenters. The number of thioether (sulfide) groups is 1. The van der Waals surface area contributed by atoms with Crippen LogP contribution in [0, 0.1) is 0 Å². The highest BCUT2D eigenvalue weighted by Gasteiger charge is 2.48. The Morgan fingerprint density at radius 1 is 1.17 bits per heavy atom. The molecule has 0 unspecified atom stereocenters. The average Bonchev–Trinajstić information content (AvgIpc) is 3.17. The second-order valence-electron chi connectivity index (χ2n) is 6.14. The molecule has 2 heterocycles. The molecule has 0 aromatic heterocycles. The fourth-order valence-corrected chi connectivity index (χ4v) is 4.84. The SMILES string of the molecule is C[C@@H](NC(=O)[C@@H]1CS[C@H]2c3ccccc3C(=O)N12)c1ccccc1. The number of carbonyl (C=O) groups excluding carboxylic acids is 2. The summed E-state index contributed by atoms with van der Waals surface area (Å²) in [4.78, 5) is 27.2. The Kier molecular flexibility index (Phi) is 3.81. The van der Waals surface area contributed by atoms with Gasteiger partial charge in [0.1, 0.15) is 11.4 Å². The zero-order chi connectivity index (χ0) is 16.7. The molecule has 5 heteroatoms. The van der Waals surface area contributed by atoms with Crippen LogP contribution >= 0.6 is 11.8 Å².